The molecule has 0 aliphatic carbocycles. The standard InChI is InChI=1S/C30H35BrClN3O5S/c1-5-40-27-13-11-26(12-14-27)35(41(38,39)28-15-9-24(31)10-16-28)20-29(36)34(19-23-7-6-8-25(32)17-23)22(4)30(37)33-18-21(2)3/h6-17,21-22H,5,18-20H2,1-4H3,(H,33,37). The maximum Gasteiger partial charge on any atom is 0.264 e. The second-order valence-corrected chi connectivity index (χ2v) is 13.1. The lowest BCUT2D eigenvalue weighted by Gasteiger charge is -2.32. The van der Waals surface area contributed by atoms with E-state index in [1.807, 2.05) is 20.8 Å². The molecule has 220 valence electrons. The number of rotatable bonds is 13. The molecule has 0 bridgehead atoms. The second kappa shape index (κ2) is 14.7. The van der Waals surface area contributed by atoms with Crippen molar-refractivity contribution in [1.29, 1.82) is 0 Å². The van der Waals surface area contributed by atoms with E-state index in [9.17, 15) is 18.0 Å². The molecule has 1 atom stereocenters. The number of benzene rings is 3. The van der Waals surface area contributed by atoms with Gasteiger partial charge in [-0.1, -0.05) is 53.5 Å². The average Bonchev–Trinajstić information content (AvgIpc) is 2.93. The molecule has 3 rings (SSSR count). The Morgan fingerprint density at radius 2 is 1.66 bits per heavy atom. The maximum absolute atomic E-state index is 14.0. The van der Waals surface area contributed by atoms with Crippen LogP contribution in [-0.4, -0.2) is 50.9 Å². The van der Waals surface area contributed by atoms with Gasteiger partial charge in [0.15, 0.2) is 0 Å². The van der Waals surface area contributed by atoms with Crippen LogP contribution in [0.1, 0.15) is 33.3 Å². The van der Waals surface area contributed by atoms with Gasteiger partial charge in [-0.25, -0.2) is 8.42 Å². The summed E-state index contributed by atoms with van der Waals surface area (Å²) in [7, 11) is -4.17. The van der Waals surface area contributed by atoms with Gasteiger partial charge in [0.05, 0.1) is 17.2 Å². The summed E-state index contributed by atoms with van der Waals surface area (Å²) in [6.45, 7) is 7.85. The molecule has 0 aliphatic heterocycles. The van der Waals surface area contributed by atoms with E-state index in [2.05, 4.69) is 21.2 Å². The van der Waals surface area contributed by atoms with Gasteiger partial charge in [-0.15, -0.1) is 0 Å². The molecule has 41 heavy (non-hydrogen) atoms. The summed E-state index contributed by atoms with van der Waals surface area (Å²) < 4.78 is 35.1. The number of ether oxygens (including phenoxy) is 1. The molecule has 2 amide bonds. The highest BCUT2D eigenvalue weighted by molar-refractivity contribution is 9.10. The van der Waals surface area contributed by atoms with Crippen LogP contribution < -0.4 is 14.4 Å². The van der Waals surface area contributed by atoms with Crippen molar-refractivity contribution >= 4 is 55.1 Å². The second-order valence-electron chi connectivity index (χ2n) is 9.86. The van der Waals surface area contributed by atoms with Crippen LogP contribution in [0.25, 0.3) is 0 Å². The van der Waals surface area contributed by atoms with E-state index in [-0.39, 0.29) is 29.0 Å². The minimum Gasteiger partial charge on any atom is -0.494 e. The number of sulfonamides is 1. The summed E-state index contributed by atoms with van der Waals surface area (Å²) in [5, 5.41) is 3.36. The molecule has 0 saturated carbocycles. The third kappa shape index (κ3) is 8.95. The number of amides is 2. The third-order valence-corrected chi connectivity index (χ3v) is 8.76. The number of carbonyl (C=O) groups excluding carboxylic acids is 2. The van der Waals surface area contributed by atoms with Crippen molar-refractivity contribution in [1.82, 2.24) is 10.2 Å². The topological polar surface area (TPSA) is 96.0 Å². The Kier molecular flexibility index (Phi) is 11.6. The van der Waals surface area contributed by atoms with Gasteiger partial charge in [-0.2, -0.15) is 0 Å². The number of halogens is 2. The monoisotopic (exact) mass is 663 g/mol. The molecule has 3 aromatic rings. The zero-order valence-electron chi connectivity index (χ0n) is 23.5. The van der Waals surface area contributed by atoms with E-state index in [1.165, 1.54) is 17.0 Å². The Hall–Kier alpha value is -3.08. The molecule has 0 aliphatic rings. The zero-order valence-corrected chi connectivity index (χ0v) is 26.7. The van der Waals surface area contributed by atoms with Gasteiger partial charge in [-0.3, -0.25) is 13.9 Å². The van der Waals surface area contributed by atoms with Gasteiger partial charge in [0.2, 0.25) is 11.8 Å². The number of hydrogen-bond donors (Lipinski definition) is 1. The van der Waals surface area contributed by atoms with E-state index in [0.29, 0.717) is 34.0 Å². The predicted molar refractivity (Wildman–Crippen MR) is 166 cm³/mol. The number of nitrogens with one attached hydrogen (secondary N) is 1. The summed E-state index contributed by atoms with van der Waals surface area (Å²) >= 11 is 9.52. The van der Waals surface area contributed by atoms with Crippen molar-refractivity contribution in [3.05, 3.63) is 87.9 Å². The first-order valence-electron chi connectivity index (χ1n) is 13.2. The smallest absolute Gasteiger partial charge is 0.264 e. The molecule has 3 aromatic carbocycles. The van der Waals surface area contributed by atoms with Gasteiger partial charge < -0.3 is 15.0 Å². The normalized spacial score (nSPS) is 12.1. The van der Waals surface area contributed by atoms with Gasteiger partial charge in [-0.05, 0) is 86.0 Å². The molecule has 11 heteroatoms. The highest BCUT2D eigenvalue weighted by atomic mass is 79.9. The highest BCUT2D eigenvalue weighted by Gasteiger charge is 2.32. The van der Waals surface area contributed by atoms with Gasteiger partial charge >= 0.3 is 0 Å². The molecule has 1 N–H and O–H groups in total. The van der Waals surface area contributed by atoms with Crippen molar-refractivity contribution in [3.63, 3.8) is 0 Å². The third-order valence-electron chi connectivity index (χ3n) is 6.21. The fourth-order valence-corrected chi connectivity index (χ4v) is 5.90. The number of nitrogens with zero attached hydrogens (tertiary/aromatic N) is 2. The van der Waals surface area contributed by atoms with Gasteiger partial charge in [0.1, 0.15) is 18.3 Å². The number of anilines is 1. The number of carbonyl (C=O) groups is 2. The number of hydrogen-bond acceptors (Lipinski definition) is 5. The van der Waals surface area contributed by atoms with Crippen LogP contribution in [0.4, 0.5) is 5.69 Å². The Labute approximate surface area is 255 Å². The maximum atomic E-state index is 14.0. The minimum atomic E-state index is -4.17. The molecule has 8 nitrogen and oxygen atoms in total. The first-order chi connectivity index (χ1) is 19.4. The van der Waals surface area contributed by atoms with Crippen molar-refractivity contribution in [3.8, 4) is 5.75 Å². The van der Waals surface area contributed by atoms with E-state index in [4.69, 9.17) is 16.3 Å². The Morgan fingerprint density at radius 1 is 1.00 bits per heavy atom. The van der Waals surface area contributed by atoms with Gasteiger partial charge in [0.25, 0.3) is 10.0 Å². The summed E-state index contributed by atoms with van der Waals surface area (Å²) in [5.41, 5.74) is 0.988. The molecule has 1 unspecified atom stereocenters. The van der Waals surface area contributed by atoms with E-state index >= 15 is 0 Å². The Balaban J connectivity index is 2.02. The van der Waals surface area contributed by atoms with E-state index in [0.717, 1.165) is 4.31 Å². The van der Waals surface area contributed by atoms with Crippen LogP contribution in [0.5, 0.6) is 5.75 Å². The predicted octanol–water partition coefficient (Wildman–Crippen LogP) is 5.89. The summed E-state index contributed by atoms with van der Waals surface area (Å²) in [6, 6.07) is 18.8. The summed E-state index contributed by atoms with van der Waals surface area (Å²) in [5.74, 6) is -0.0970. The molecule has 0 aromatic heterocycles. The molecular weight excluding hydrogens is 630 g/mol. The zero-order chi connectivity index (χ0) is 30.2. The van der Waals surface area contributed by atoms with Crippen molar-refractivity contribution in [2.45, 2.75) is 45.2 Å². The fraction of sp³-hybridized carbons (Fsp3) is 0.333. The molecule has 0 spiro atoms. The first kappa shape index (κ1) is 32.4. The highest BCUT2D eigenvalue weighted by Crippen LogP contribution is 2.27. The molecular formula is C30H35BrClN3O5S. The van der Waals surface area contributed by atoms with Crippen LogP contribution in [0.3, 0.4) is 0 Å². The molecule has 0 radical (unpaired) electrons. The lowest BCUT2D eigenvalue weighted by atomic mass is 10.1. The van der Waals surface area contributed by atoms with Crippen molar-refractivity contribution < 1.29 is 22.7 Å². The van der Waals surface area contributed by atoms with Crippen molar-refractivity contribution in [2.24, 2.45) is 5.92 Å². The van der Waals surface area contributed by atoms with E-state index < -0.39 is 28.5 Å². The molecule has 0 heterocycles. The Morgan fingerprint density at radius 3 is 2.24 bits per heavy atom. The van der Waals surface area contributed by atoms with Gasteiger partial charge in [0, 0.05) is 22.6 Å². The molecule has 0 saturated heterocycles. The summed E-state index contributed by atoms with van der Waals surface area (Å²) in [6.07, 6.45) is 0. The van der Waals surface area contributed by atoms with Crippen molar-refractivity contribution in [2.75, 3.05) is 24.0 Å². The van der Waals surface area contributed by atoms with Crippen LogP contribution in [0.15, 0.2) is 82.2 Å². The van der Waals surface area contributed by atoms with Crippen LogP contribution >= 0.6 is 27.5 Å². The first-order valence-corrected chi connectivity index (χ1v) is 15.9. The van der Waals surface area contributed by atoms with Crippen LogP contribution in [-0.2, 0) is 26.2 Å². The lowest BCUT2D eigenvalue weighted by molar-refractivity contribution is -0.139. The van der Waals surface area contributed by atoms with Crippen LogP contribution in [0, 0.1) is 5.92 Å². The van der Waals surface area contributed by atoms with Crippen LogP contribution in [0.2, 0.25) is 5.02 Å². The largest absolute Gasteiger partial charge is 0.494 e. The molecule has 0 fully saturated rings. The average molecular weight is 665 g/mol. The lowest BCUT2D eigenvalue weighted by Crippen LogP contribution is -2.51. The minimum absolute atomic E-state index is 0.0199. The summed E-state index contributed by atoms with van der Waals surface area (Å²) in [4.78, 5) is 28.4. The fourth-order valence-electron chi connectivity index (χ4n) is 4.00. The quantitative estimate of drug-likeness (QED) is 0.246. The SMILES string of the molecule is CCOc1ccc(N(CC(=O)N(Cc2cccc(Cl)c2)C(C)C(=O)NCC(C)C)S(=O)(=O)c2ccc(Br)cc2)cc1. The Bertz CT molecular complexity index is 1430. The van der Waals surface area contributed by atoms with E-state index in [1.54, 1.807) is 67.6 Å².